The van der Waals surface area contributed by atoms with Gasteiger partial charge < -0.3 is 4.74 Å². The molecule has 0 fully saturated rings. The molecule has 1 rings (SSSR count). The zero-order chi connectivity index (χ0) is 14.0. The average molecular weight is 283 g/mol. The summed E-state index contributed by atoms with van der Waals surface area (Å²) in [6.45, 7) is -1.53. The quantitative estimate of drug-likeness (QED) is 0.847. The van der Waals surface area contributed by atoms with Gasteiger partial charge in [-0.3, -0.25) is 0 Å². The molecular weight excluding hydrogens is 271 g/mol. The molecule has 0 atom stereocenters. The second-order valence-electron chi connectivity index (χ2n) is 3.64. The minimum absolute atomic E-state index is 0.292. The summed E-state index contributed by atoms with van der Waals surface area (Å²) in [6, 6.07) is 5.19. The molecule has 4 nitrogen and oxygen atoms in total. The van der Waals surface area contributed by atoms with E-state index in [2.05, 4.69) is 4.74 Å². The summed E-state index contributed by atoms with van der Waals surface area (Å²) in [5.74, 6) is -0.316. The third-order valence-corrected chi connectivity index (χ3v) is 3.85. The van der Waals surface area contributed by atoms with Gasteiger partial charge in [-0.2, -0.15) is 13.2 Å². The molecule has 0 unspecified atom stereocenters. The van der Waals surface area contributed by atoms with Crippen molar-refractivity contribution in [3.8, 4) is 5.75 Å². The smallest absolute Gasteiger partial charge is 0.422 e. The number of hydrogen-bond donors (Lipinski definition) is 0. The lowest BCUT2D eigenvalue weighted by Crippen LogP contribution is -2.24. The number of sulfonamides is 1. The Labute approximate surface area is 103 Å². The SMILES string of the molecule is CN(C)S(=O)(=O)c1ccccc1OCC(F)(F)F. The highest BCUT2D eigenvalue weighted by molar-refractivity contribution is 7.89. The monoisotopic (exact) mass is 283 g/mol. The van der Waals surface area contributed by atoms with Crippen LogP contribution in [0.3, 0.4) is 0 Å². The Hall–Kier alpha value is -1.28. The van der Waals surface area contributed by atoms with Gasteiger partial charge in [0.05, 0.1) is 0 Å². The van der Waals surface area contributed by atoms with Gasteiger partial charge in [0.1, 0.15) is 10.6 Å². The standard InChI is InChI=1S/C10H12F3NO3S/c1-14(2)18(15,16)9-6-4-3-5-8(9)17-7-10(11,12)13/h3-6H,7H2,1-2H3. The minimum atomic E-state index is -4.52. The highest BCUT2D eigenvalue weighted by atomic mass is 32.2. The summed E-state index contributed by atoms with van der Waals surface area (Å²) < 4.78 is 65.2. The zero-order valence-corrected chi connectivity index (χ0v) is 10.5. The molecule has 18 heavy (non-hydrogen) atoms. The van der Waals surface area contributed by atoms with Crippen molar-refractivity contribution in [1.82, 2.24) is 4.31 Å². The first-order valence-electron chi connectivity index (χ1n) is 4.86. The van der Waals surface area contributed by atoms with Gasteiger partial charge in [0, 0.05) is 14.1 Å². The maximum absolute atomic E-state index is 12.0. The van der Waals surface area contributed by atoms with Gasteiger partial charge in [0.15, 0.2) is 6.61 Å². The molecule has 0 aromatic heterocycles. The van der Waals surface area contributed by atoms with Crippen molar-refractivity contribution in [3.63, 3.8) is 0 Å². The van der Waals surface area contributed by atoms with Crippen molar-refractivity contribution in [1.29, 1.82) is 0 Å². The number of alkyl halides is 3. The van der Waals surface area contributed by atoms with E-state index in [9.17, 15) is 21.6 Å². The Morgan fingerprint density at radius 2 is 1.78 bits per heavy atom. The number of halogens is 3. The Balaban J connectivity index is 3.08. The first-order valence-corrected chi connectivity index (χ1v) is 6.30. The fourth-order valence-corrected chi connectivity index (χ4v) is 2.16. The number of nitrogens with zero attached hydrogens (tertiary/aromatic N) is 1. The molecule has 0 amide bonds. The second kappa shape index (κ2) is 5.15. The zero-order valence-electron chi connectivity index (χ0n) is 9.73. The molecule has 0 N–H and O–H groups in total. The lowest BCUT2D eigenvalue weighted by molar-refractivity contribution is -0.153. The summed E-state index contributed by atoms with van der Waals surface area (Å²) in [5, 5.41) is 0. The molecule has 0 heterocycles. The molecule has 0 radical (unpaired) electrons. The van der Waals surface area contributed by atoms with E-state index in [-0.39, 0.29) is 10.6 Å². The van der Waals surface area contributed by atoms with Crippen LogP contribution >= 0.6 is 0 Å². The molecule has 0 aliphatic heterocycles. The number of para-hydroxylation sites is 1. The van der Waals surface area contributed by atoms with Crippen LogP contribution in [0.1, 0.15) is 0 Å². The van der Waals surface area contributed by atoms with Crippen LogP contribution in [0.25, 0.3) is 0 Å². The van der Waals surface area contributed by atoms with Crippen LogP contribution in [-0.2, 0) is 10.0 Å². The molecule has 1 aromatic rings. The lowest BCUT2D eigenvalue weighted by Gasteiger charge is -2.16. The molecule has 8 heteroatoms. The van der Waals surface area contributed by atoms with Crippen LogP contribution in [-0.4, -0.2) is 39.6 Å². The molecule has 0 spiro atoms. The summed E-state index contributed by atoms with van der Waals surface area (Å²) in [7, 11) is -1.26. The Kier molecular flexibility index (Phi) is 4.23. The number of benzene rings is 1. The maximum atomic E-state index is 12.0. The van der Waals surface area contributed by atoms with Crippen LogP contribution in [0.4, 0.5) is 13.2 Å². The van der Waals surface area contributed by atoms with Gasteiger partial charge in [0.25, 0.3) is 0 Å². The van der Waals surface area contributed by atoms with Crippen LogP contribution < -0.4 is 4.74 Å². The number of ether oxygens (including phenoxy) is 1. The van der Waals surface area contributed by atoms with Crippen molar-refractivity contribution >= 4 is 10.0 Å². The highest BCUT2D eigenvalue weighted by Gasteiger charge is 2.30. The molecular formula is C10H12F3NO3S. The van der Waals surface area contributed by atoms with Crippen molar-refractivity contribution in [3.05, 3.63) is 24.3 Å². The van der Waals surface area contributed by atoms with Crippen LogP contribution in [0.15, 0.2) is 29.2 Å². The first kappa shape index (κ1) is 14.8. The first-order chi connectivity index (χ1) is 8.14. The molecule has 0 bridgehead atoms. The van der Waals surface area contributed by atoms with E-state index in [0.717, 1.165) is 4.31 Å². The minimum Gasteiger partial charge on any atom is -0.483 e. The van der Waals surface area contributed by atoms with Crippen LogP contribution in [0.2, 0.25) is 0 Å². The van der Waals surface area contributed by atoms with Gasteiger partial charge in [0.2, 0.25) is 10.0 Å². The predicted octanol–water partition coefficient (Wildman–Crippen LogP) is 1.88. The fraction of sp³-hybridized carbons (Fsp3) is 0.400. The van der Waals surface area contributed by atoms with E-state index in [4.69, 9.17) is 0 Å². The molecule has 1 aromatic carbocycles. The number of rotatable bonds is 4. The van der Waals surface area contributed by atoms with Gasteiger partial charge >= 0.3 is 6.18 Å². The average Bonchev–Trinajstić information content (AvgIpc) is 2.25. The van der Waals surface area contributed by atoms with Crippen molar-refractivity contribution in [2.75, 3.05) is 20.7 Å². The Bertz CT molecular complexity index is 511. The van der Waals surface area contributed by atoms with E-state index >= 15 is 0 Å². The maximum Gasteiger partial charge on any atom is 0.422 e. The van der Waals surface area contributed by atoms with E-state index < -0.39 is 22.8 Å². The molecule has 102 valence electrons. The van der Waals surface area contributed by atoms with Crippen LogP contribution in [0.5, 0.6) is 5.75 Å². The van der Waals surface area contributed by atoms with Crippen LogP contribution in [0, 0.1) is 0 Å². The summed E-state index contributed by atoms with van der Waals surface area (Å²) in [5.41, 5.74) is 0. The van der Waals surface area contributed by atoms with Gasteiger partial charge in [-0.1, -0.05) is 12.1 Å². The van der Waals surface area contributed by atoms with Gasteiger partial charge in [-0.05, 0) is 12.1 Å². The Morgan fingerprint density at radius 3 is 2.28 bits per heavy atom. The largest absolute Gasteiger partial charge is 0.483 e. The molecule has 0 aliphatic carbocycles. The predicted molar refractivity (Wildman–Crippen MR) is 58.9 cm³/mol. The van der Waals surface area contributed by atoms with E-state index in [1.165, 1.54) is 38.4 Å². The lowest BCUT2D eigenvalue weighted by atomic mass is 10.3. The van der Waals surface area contributed by atoms with Crippen molar-refractivity contribution < 1.29 is 26.3 Å². The normalized spacial score (nSPS) is 12.8. The summed E-state index contributed by atoms with van der Waals surface area (Å²) in [4.78, 5) is -0.292. The third kappa shape index (κ3) is 3.61. The van der Waals surface area contributed by atoms with E-state index in [0.29, 0.717) is 0 Å². The highest BCUT2D eigenvalue weighted by Crippen LogP contribution is 2.27. The second-order valence-corrected chi connectivity index (χ2v) is 5.76. The van der Waals surface area contributed by atoms with Gasteiger partial charge in [-0.15, -0.1) is 0 Å². The van der Waals surface area contributed by atoms with E-state index in [1.807, 2.05) is 0 Å². The summed E-state index contributed by atoms with van der Waals surface area (Å²) >= 11 is 0. The summed E-state index contributed by atoms with van der Waals surface area (Å²) in [6.07, 6.45) is -4.52. The number of hydrogen-bond acceptors (Lipinski definition) is 3. The van der Waals surface area contributed by atoms with Crippen molar-refractivity contribution in [2.45, 2.75) is 11.1 Å². The Morgan fingerprint density at radius 1 is 1.22 bits per heavy atom. The van der Waals surface area contributed by atoms with Crippen molar-refractivity contribution in [2.24, 2.45) is 0 Å². The molecule has 0 aliphatic rings. The third-order valence-electron chi connectivity index (χ3n) is 2.00. The fourth-order valence-electron chi connectivity index (χ4n) is 1.14. The molecule has 0 saturated carbocycles. The van der Waals surface area contributed by atoms with Gasteiger partial charge in [-0.25, -0.2) is 12.7 Å². The van der Waals surface area contributed by atoms with E-state index in [1.54, 1.807) is 0 Å². The molecule has 0 saturated heterocycles. The topological polar surface area (TPSA) is 46.6 Å².